The van der Waals surface area contributed by atoms with Gasteiger partial charge in [0.25, 0.3) is 6.29 Å². The van der Waals surface area contributed by atoms with E-state index < -0.39 is 24.3 Å². The van der Waals surface area contributed by atoms with Gasteiger partial charge in [-0.05, 0) is 64.2 Å². The molecule has 1 N–H and O–H groups in total. The minimum Gasteiger partial charge on any atom is -0.477 e. The maximum Gasteiger partial charge on any atom is 0.361 e. The number of quaternary nitrogens is 1. The molecule has 0 radical (unpaired) electrons. The molecular formula is C43H72NO8+. The second kappa shape index (κ2) is 34.8. The van der Waals surface area contributed by atoms with Crippen LogP contribution in [0.5, 0.6) is 0 Å². The number of carbonyl (C=O) groups excluding carboxylic acids is 2. The molecule has 0 rings (SSSR count). The Bertz CT molecular complexity index is 1080. The van der Waals surface area contributed by atoms with Crippen LogP contribution in [0.4, 0.5) is 0 Å². The number of likely N-dealkylation sites (N-methyl/N-ethyl adjacent to an activating group) is 1. The molecule has 9 heteroatoms. The average molecular weight is 731 g/mol. The van der Waals surface area contributed by atoms with Gasteiger partial charge in [-0.25, -0.2) is 4.79 Å². The van der Waals surface area contributed by atoms with Gasteiger partial charge in [-0.15, -0.1) is 0 Å². The van der Waals surface area contributed by atoms with Crippen LogP contribution in [0.25, 0.3) is 0 Å². The van der Waals surface area contributed by atoms with Gasteiger partial charge in [-0.2, -0.15) is 0 Å². The van der Waals surface area contributed by atoms with Crippen LogP contribution in [0, 0.1) is 0 Å². The Kier molecular flexibility index (Phi) is 32.6. The summed E-state index contributed by atoms with van der Waals surface area (Å²) in [6.07, 6.45) is 38.5. The molecule has 0 heterocycles. The first-order valence-corrected chi connectivity index (χ1v) is 19.6. The number of carboxylic acids is 1. The van der Waals surface area contributed by atoms with E-state index in [2.05, 4.69) is 86.8 Å². The van der Waals surface area contributed by atoms with Crippen LogP contribution in [-0.4, -0.2) is 87.4 Å². The molecule has 2 atom stereocenters. The van der Waals surface area contributed by atoms with E-state index in [4.69, 9.17) is 18.9 Å². The zero-order chi connectivity index (χ0) is 38.5. The van der Waals surface area contributed by atoms with Gasteiger partial charge in [0, 0.05) is 12.8 Å². The third kappa shape index (κ3) is 35.1. The lowest BCUT2D eigenvalue weighted by Crippen LogP contribution is -2.40. The van der Waals surface area contributed by atoms with Crippen LogP contribution in [0.3, 0.4) is 0 Å². The predicted octanol–water partition coefficient (Wildman–Crippen LogP) is 9.60. The molecule has 0 saturated heterocycles. The van der Waals surface area contributed by atoms with Gasteiger partial charge in [0.2, 0.25) is 0 Å². The van der Waals surface area contributed by atoms with Crippen LogP contribution in [-0.2, 0) is 33.3 Å². The predicted molar refractivity (Wildman–Crippen MR) is 212 cm³/mol. The summed E-state index contributed by atoms with van der Waals surface area (Å²) in [6, 6.07) is 0. The Morgan fingerprint density at radius 2 is 1.10 bits per heavy atom. The Labute approximate surface area is 316 Å². The number of esters is 2. The van der Waals surface area contributed by atoms with E-state index in [-0.39, 0.29) is 38.6 Å². The Morgan fingerprint density at radius 1 is 0.596 bits per heavy atom. The second-order valence-corrected chi connectivity index (χ2v) is 13.9. The second-order valence-electron chi connectivity index (χ2n) is 13.9. The zero-order valence-electron chi connectivity index (χ0n) is 33.2. The number of aliphatic carboxylic acids is 1. The fraction of sp³-hybridized carbons (Fsp3) is 0.651. The highest BCUT2D eigenvalue weighted by atomic mass is 16.7. The van der Waals surface area contributed by atoms with Crippen molar-refractivity contribution >= 4 is 17.9 Å². The van der Waals surface area contributed by atoms with Crippen molar-refractivity contribution in [2.24, 2.45) is 0 Å². The summed E-state index contributed by atoms with van der Waals surface area (Å²) in [7, 11) is 5.91. The van der Waals surface area contributed by atoms with Crippen LogP contribution >= 0.6 is 0 Å². The minimum absolute atomic E-state index is 0.176. The van der Waals surface area contributed by atoms with E-state index in [9.17, 15) is 19.5 Å². The lowest BCUT2D eigenvalue weighted by Gasteiger charge is -2.25. The fourth-order valence-electron chi connectivity index (χ4n) is 4.66. The largest absolute Gasteiger partial charge is 0.477 e. The molecule has 0 aromatic rings. The van der Waals surface area contributed by atoms with Crippen molar-refractivity contribution in [1.82, 2.24) is 0 Å². The quantitative estimate of drug-likeness (QED) is 0.0229. The maximum absolute atomic E-state index is 12.6. The van der Waals surface area contributed by atoms with Gasteiger partial charge in [0.15, 0.2) is 6.10 Å². The molecule has 2 unspecified atom stereocenters. The molecule has 9 nitrogen and oxygen atoms in total. The topological polar surface area (TPSA) is 108 Å². The molecule has 0 aliphatic rings. The van der Waals surface area contributed by atoms with Crippen molar-refractivity contribution in [1.29, 1.82) is 0 Å². The lowest BCUT2D eigenvalue weighted by molar-refractivity contribution is -0.870. The number of ether oxygens (including phenoxy) is 4. The Morgan fingerprint density at radius 3 is 1.63 bits per heavy atom. The lowest BCUT2D eigenvalue weighted by atomic mass is 10.1. The van der Waals surface area contributed by atoms with Crippen molar-refractivity contribution in [2.45, 2.75) is 135 Å². The maximum atomic E-state index is 12.6. The van der Waals surface area contributed by atoms with Crippen molar-refractivity contribution in [3.63, 3.8) is 0 Å². The first kappa shape index (κ1) is 48.7. The number of allylic oxidation sites excluding steroid dienone is 12. The van der Waals surface area contributed by atoms with Crippen LogP contribution in [0.15, 0.2) is 72.9 Å². The SMILES string of the molecule is CC/C=C\C/C=C\C/C=C\C/C=C\C/C=C\C/C=C\CCCCC(=O)OC(COC(=O)CCCCCCCC)COC(OCC[N+](C)(C)C)C(=O)O. The molecule has 296 valence electrons. The first-order valence-electron chi connectivity index (χ1n) is 19.6. The Balaban J connectivity index is 4.51. The molecule has 0 aromatic carbocycles. The summed E-state index contributed by atoms with van der Waals surface area (Å²) in [6.45, 7) is 4.59. The monoisotopic (exact) mass is 731 g/mol. The molecule has 0 amide bonds. The smallest absolute Gasteiger partial charge is 0.361 e. The number of hydrogen-bond acceptors (Lipinski definition) is 7. The molecule has 0 spiro atoms. The highest BCUT2D eigenvalue weighted by Gasteiger charge is 2.25. The number of carbonyl (C=O) groups is 3. The molecule has 0 aliphatic carbocycles. The molecular weight excluding hydrogens is 658 g/mol. The number of hydrogen-bond donors (Lipinski definition) is 1. The summed E-state index contributed by atoms with van der Waals surface area (Å²) in [5.41, 5.74) is 0. The van der Waals surface area contributed by atoms with Crippen molar-refractivity contribution in [2.75, 3.05) is 47.5 Å². The fourth-order valence-corrected chi connectivity index (χ4v) is 4.66. The van der Waals surface area contributed by atoms with E-state index in [1.807, 2.05) is 21.1 Å². The average Bonchev–Trinajstić information content (AvgIpc) is 3.10. The van der Waals surface area contributed by atoms with Crippen LogP contribution in [0.1, 0.15) is 123 Å². The van der Waals surface area contributed by atoms with Gasteiger partial charge < -0.3 is 28.5 Å². The zero-order valence-corrected chi connectivity index (χ0v) is 33.2. The van der Waals surface area contributed by atoms with E-state index in [0.717, 1.165) is 83.5 Å². The number of nitrogens with zero attached hydrogens (tertiary/aromatic N) is 1. The van der Waals surface area contributed by atoms with Gasteiger partial charge in [0.1, 0.15) is 13.2 Å². The molecule has 0 fully saturated rings. The summed E-state index contributed by atoms with van der Waals surface area (Å²) < 4.78 is 22.5. The highest BCUT2D eigenvalue weighted by molar-refractivity contribution is 5.71. The van der Waals surface area contributed by atoms with E-state index in [0.29, 0.717) is 17.4 Å². The first-order chi connectivity index (χ1) is 25.1. The number of unbranched alkanes of at least 4 members (excludes halogenated alkanes) is 7. The molecule has 0 aliphatic heterocycles. The van der Waals surface area contributed by atoms with Crippen molar-refractivity contribution in [3.8, 4) is 0 Å². The van der Waals surface area contributed by atoms with E-state index in [1.54, 1.807) is 0 Å². The summed E-state index contributed by atoms with van der Waals surface area (Å²) in [5, 5.41) is 9.56. The summed E-state index contributed by atoms with van der Waals surface area (Å²) in [4.78, 5) is 36.7. The number of rotatable bonds is 34. The third-order valence-electron chi connectivity index (χ3n) is 7.73. The molecule has 0 saturated carbocycles. The highest BCUT2D eigenvalue weighted by Crippen LogP contribution is 2.10. The normalized spacial score (nSPS) is 13.8. The van der Waals surface area contributed by atoms with E-state index >= 15 is 0 Å². The molecule has 0 bridgehead atoms. The van der Waals surface area contributed by atoms with E-state index in [1.165, 1.54) is 6.42 Å². The minimum atomic E-state index is -1.52. The summed E-state index contributed by atoms with van der Waals surface area (Å²) >= 11 is 0. The number of carboxylic acid groups (broad SMARTS) is 1. The van der Waals surface area contributed by atoms with Crippen LogP contribution in [0.2, 0.25) is 0 Å². The van der Waals surface area contributed by atoms with Crippen molar-refractivity contribution in [3.05, 3.63) is 72.9 Å². The van der Waals surface area contributed by atoms with Gasteiger partial charge in [-0.1, -0.05) is 119 Å². The standard InChI is InChI=1S/C43H71NO8/c1-6-8-10-12-14-15-16-17-18-19-20-21-22-23-24-25-26-27-28-30-32-34-41(46)52-39(37-50-40(45)33-31-29-13-11-9-7-2)38-51-43(42(47)48)49-36-35-44(3,4)5/h8,10,14-15,17-18,20-21,23-24,26-27,39,43H,6-7,9,11-13,16,19,22,25,28-38H2,1-5H3/p+1/b10-8-,15-14-,18-17-,21-20-,24-23-,27-26-. The molecule has 0 aromatic heterocycles. The van der Waals surface area contributed by atoms with Gasteiger partial charge in [0.05, 0.1) is 34.4 Å². The Hall–Kier alpha value is -3.27. The summed E-state index contributed by atoms with van der Waals surface area (Å²) in [5.74, 6) is -2.09. The molecule has 52 heavy (non-hydrogen) atoms. The van der Waals surface area contributed by atoms with Gasteiger partial charge in [-0.3, -0.25) is 9.59 Å². The van der Waals surface area contributed by atoms with Gasteiger partial charge >= 0.3 is 17.9 Å². The van der Waals surface area contributed by atoms with Crippen molar-refractivity contribution < 1.29 is 42.9 Å². The third-order valence-corrected chi connectivity index (χ3v) is 7.73. The van der Waals surface area contributed by atoms with Crippen LogP contribution < -0.4 is 0 Å².